The third-order valence-electron chi connectivity index (χ3n) is 10.3. The van der Waals surface area contributed by atoms with Gasteiger partial charge in [-0.25, -0.2) is 0 Å². The van der Waals surface area contributed by atoms with Crippen molar-refractivity contribution < 1.29 is 33.8 Å². The molecule has 1 unspecified atom stereocenters. The maximum Gasteiger partial charge on any atom is 0.306 e. The number of amides is 3. The van der Waals surface area contributed by atoms with Crippen LogP contribution in [-0.4, -0.2) is 80.9 Å². The second kappa shape index (κ2) is 16.4. The molecule has 1 spiro atoms. The fourth-order valence-electron chi connectivity index (χ4n) is 8.02. The first-order chi connectivity index (χ1) is 25.2. The number of allylic oxidation sites excluding steroid dienone is 1. The van der Waals surface area contributed by atoms with Gasteiger partial charge in [0, 0.05) is 24.3 Å². The third-order valence-corrected chi connectivity index (χ3v) is 11.2. The predicted octanol–water partition coefficient (Wildman–Crippen LogP) is 5.05. The summed E-state index contributed by atoms with van der Waals surface area (Å²) in [6.45, 7) is 7.45. The number of halogens is 1. The Bertz CT molecular complexity index is 1760. The highest BCUT2D eigenvalue weighted by atomic mass is 79.9. The van der Waals surface area contributed by atoms with Crippen molar-refractivity contribution in [2.24, 2.45) is 11.8 Å². The number of hydrogen-bond acceptors (Lipinski definition) is 7. The maximum atomic E-state index is 15.0. The van der Waals surface area contributed by atoms with Gasteiger partial charge in [-0.3, -0.25) is 19.2 Å². The van der Waals surface area contributed by atoms with E-state index in [-0.39, 0.29) is 36.9 Å². The molecule has 3 aromatic carbocycles. The lowest BCUT2D eigenvalue weighted by Crippen LogP contribution is -2.57. The third kappa shape index (κ3) is 7.22. The first-order valence-electron chi connectivity index (χ1n) is 17.6. The molecule has 3 heterocycles. The van der Waals surface area contributed by atoms with Crippen LogP contribution in [0.1, 0.15) is 48.0 Å². The molecule has 0 radical (unpaired) electrons. The molecule has 6 rings (SSSR count). The van der Waals surface area contributed by atoms with Crippen LogP contribution >= 0.6 is 15.9 Å². The SMILES string of the molecule is C=CCCC(=O)OC[C@H](NC(=O)[C@H]1[C@@H]2O[C@@]3(CC2Br)[C@@H]1C(=O)N([C@H](CO)c1ccccc1)[C@@H]3C(=O)N(CC=C)Cc1ccccc1)c1ccccc1. The smallest absolute Gasteiger partial charge is 0.306 e. The lowest BCUT2D eigenvalue weighted by molar-refractivity contribution is -0.151. The van der Waals surface area contributed by atoms with E-state index in [1.165, 1.54) is 4.90 Å². The minimum absolute atomic E-state index is 0.116. The Labute approximate surface area is 312 Å². The average molecular weight is 771 g/mol. The first-order valence-corrected chi connectivity index (χ1v) is 18.5. The second-order valence-corrected chi connectivity index (χ2v) is 14.7. The van der Waals surface area contributed by atoms with Gasteiger partial charge in [-0.15, -0.1) is 13.2 Å². The molecule has 3 aliphatic heterocycles. The van der Waals surface area contributed by atoms with Crippen LogP contribution in [0.15, 0.2) is 116 Å². The molecular weight excluding hydrogens is 726 g/mol. The number of aliphatic hydroxyl groups is 1. The molecule has 0 aromatic heterocycles. The summed E-state index contributed by atoms with van der Waals surface area (Å²) in [5.41, 5.74) is 0.902. The normalized spacial score (nSPS) is 25.5. The number of likely N-dealkylation sites (tertiary alicyclic amines) is 1. The number of alkyl halides is 1. The lowest BCUT2D eigenvalue weighted by atomic mass is 9.70. The summed E-state index contributed by atoms with van der Waals surface area (Å²) in [6.07, 6.45) is 3.48. The fraction of sp³-hybridized carbons (Fsp3) is 0.366. The van der Waals surface area contributed by atoms with E-state index in [9.17, 15) is 24.3 Å². The largest absolute Gasteiger partial charge is 0.463 e. The van der Waals surface area contributed by atoms with Crippen LogP contribution in [0.5, 0.6) is 0 Å². The summed E-state index contributed by atoms with van der Waals surface area (Å²) in [6, 6.07) is 25.1. The highest BCUT2D eigenvalue weighted by molar-refractivity contribution is 9.09. The van der Waals surface area contributed by atoms with Gasteiger partial charge in [0.1, 0.15) is 18.2 Å². The summed E-state index contributed by atoms with van der Waals surface area (Å²) in [7, 11) is 0. The monoisotopic (exact) mass is 769 g/mol. The molecule has 3 fully saturated rings. The van der Waals surface area contributed by atoms with Gasteiger partial charge in [-0.1, -0.05) is 119 Å². The van der Waals surface area contributed by atoms with Gasteiger partial charge in [-0.2, -0.15) is 0 Å². The Morgan fingerprint density at radius 1 is 1.00 bits per heavy atom. The Morgan fingerprint density at radius 3 is 2.25 bits per heavy atom. The van der Waals surface area contributed by atoms with E-state index in [1.54, 1.807) is 17.1 Å². The van der Waals surface area contributed by atoms with Gasteiger partial charge in [0.2, 0.25) is 17.7 Å². The van der Waals surface area contributed by atoms with Crippen molar-refractivity contribution in [2.45, 2.75) is 60.5 Å². The average Bonchev–Trinajstić information content (AvgIpc) is 3.76. The Kier molecular flexibility index (Phi) is 11.7. The summed E-state index contributed by atoms with van der Waals surface area (Å²) in [4.78, 5) is 59.7. The van der Waals surface area contributed by atoms with E-state index in [4.69, 9.17) is 9.47 Å². The van der Waals surface area contributed by atoms with Crippen molar-refractivity contribution in [2.75, 3.05) is 19.8 Å². The van der Waals surface area contributed by atoms with Crippen molar-refractivity contribution >= 4 is 39.6 Å². The molecule has 52 heavy (non-hydrogen) atoms. The molecule has 3 amide bonds. The number of aliphatic hydroxyl groups excluding tert-OH is 1. The molecular formula is C41H44BrN3O7. The quantitative estimate of drug-likeness (QED) is 0.119. The summed E-state index contributed by atoms with van der Waals surface area (Å²) >= 11 is 3.75. The van der Waals surface area contributed by atoms with Crippen LogP contribution in [-0.2, 0) is 35.2 Å². The van der Waals surface area contributed by atoms with Crippen LogP contribution in [0.2, 0.25) is 0 Å². The zero-order valence-electron chi connectivity index (χ0n) is 28.9. The molecule has 10 nitrogen and oxygen atoms in total. The summed E-state index contributed by atoms with van der Waals surface area (Å²) < 4.78 is 12.4. The standard InChI is InChI=1S/C41H44BrN3O7/c1-3-5-21-33(47)51-26-31(28-17-11-7-12-18-28)43-38(48)34-35-39(49)45(32(25-46)29-19-13-8-14-20-29)37(41(35)23-30(42)36(34)52-41)40(50)44(22-4-2)24-27-15-9-6-10-16-27/h3-4,6-20,30-32,34-37,46H,1-2,5,21-26H2,(H,43,48)/t30?,31-,32+,34+,35-,36+,37+,41-/m0/s1. The Hall–Kier alpha value is -4.58. The van der Waals surface area contributed by atoms with E-state index in [0.29, 0.717) is 18.4 Å². The van der Waals surface area contributed by atoms with E-state index in [0.717, 1.165) is 11.1 Å². The zero-order valence-corrected chi connectivity index (χ0v) is 30.5. The number of nitrogens with one attached hydrogen (secondary N) is 1. The topological polar surface area (TPSA) is 125 Å². The summed E-state index contributed by atoms with van der Waals surface area (Å²) in [5.74, 6) is -3.67. The van der Waals surface area contributed by atoms with E-state index >= 15 is 0 Å². The lowest BCUT2D eigenvalue weighted by Gasteiger charge is -2.39. The highest BCUT2D eigenvalue weighted by Gasteiger charge is 2.77. The number of hydrogen-bond donors (Lipinski definition) is 2. The van der Waals surface area contributed by atoms with Crippen LogP contribution < -0.4 is 5.32 Å². The second-order valence-electron chi connectivity index (χ2n) is 13.5. The number of esters is 1. The van der Waals surface area contributed by atoms with Crippen LogP contribution in [0.3, 0.4) is 0 Å². The van der Waals surface area contributed by atoms with Gasteiger partial charge in [0.15, 0.2) is 0 Å². The van der Waals surface area contributed by atoms with E-state index in [1.807, 2.05) is 91.0 Å². The first kappa shape index (κ1) is 37.2. The number of ether oxygens (including phenoxy) is 2. The van der Waals surface area contributed by atoms with Gasteiger partial charge >= 0.3 is 5.97 Å². The molecule has 3 aromatic rings. The van der Waals surface area contributed by atoms with Gasteiger partial charge < -0.3 is 29.7 Å². The van der Waals surface area contributed by atoms with Crippen molar-refractivity contribution in [1.82, 2.24) is 15.1 Å². The minimum Gasteiger partial charge on any atom is -0.463 e. The molecule has 0 aliphatic carbocycles. The molecule has 2 N–H and O–H groups in total. The number of carbonyl (C=O) groups excluding carboxylic acids is 4. The van der Waals surface area contributed by atoms with Gasteiger partial charge in [-0.05, 0) is 29.5 Å². The number of benzene rings is 3. The van der Waals surface area contributed by atoms with Gasteiger partial charge in [0.25, 0.3) is 0 Å². The number of carbonyl (C=O) groups is 4. The van der Waals surface area contributed by atoms with Gasteiger partial charge in [0.05, 0.1) is 36.6 Å². The van der Waals surface area contributed by atoms with E-state index in [2.05, 4.69) is 34.4 Å². The molecule has 11 heteroatoms. The molecule has 0 saturated carbocycles. The number of fused-ring (bicyclic) bond motifs is 1. The van der Waals surface area contributed by atoms with Crippen LogP contribution in [0.25, 0.3) is 0 Å². The maximum absolute atomic E-state index is 15.0. The van der Waals surface area contributed by atoms with Crippen molar-refractivity contribution in [3.8, 4) is 0 Å². The Balaban J connectivity index is 1.37. The fourth-order valence-corrected chi connectivity index (χ4v) is 8.96. The minimum atomic E-state index is -1.37. The number of rotatable bonds is 16. The van der Waals surface area contributed by atoms with Crippen LogP contribution in [0.4, 0.5) is 0 Å². The zero-order chi connectivity index (χ0) is 36.8. The summed E-state index contributed by atoms with van der Waals surface area (Å²) in [5, 5.41) is 13.9. The van der Waals surface area contributed by atoms with E-state index < -0.39 is 66.1 Å². The molecule has 3 saturated heterocycles. The Morgan fingerprint density at radius 2 is 1.63 bits per heavy atom. The van der Waals surface area contributed by atoms with Crippen molar-refractivity contribution in [1.29, 1.82) is 0 Å². The van der Waals surface area contributed by atoms with Crippen molar-refractivity contribution in [3.63, 3.8) is 0 Å². The highest BCUT2D eigenvalue weighted by Crippen LogP contribution is 2.61. The molecule has 272 valence electrons. The van der Waals surface area contributed by atoms with Crippen LogP contribution in [0, 0.1) is 11.8 Å². The molecule has 2 bridgehead atoms. The molecule has 8 atom stereocenters. The number of nitrogens with zero attached hydrogens (tertiary/aromatic N) is 2. The molecule has 3 aliphatic rings. The van der Waals surface area contributed by atoms with Crippen molar-refractivity contribution in [3.05, 3.63) is 133 Å². The predicted molar refractivity (Wildman–Crippen MR) is 199 cm³/mol.